The lowest BCUT2D eigenvalue weighted by Gasteiger charge is -2.35. The summed E-state index contributed by atoms with van der Waals surface area (Å²) in [5, 5.41) is 19.9. The number of halogens is 3. The molecule has 0 bridgehead atoms. The van der Waals surface area contributed by atoms with E-state index in [-0.39, 0.29) is 22.7 Å². The van der Waals surface area contributed by atoms with Gasteiger partial charge in [-0.2, -0.15) is 23.3 Å². The molecule has 2 N–H and O–H groups in total. The molecule has 4 rings (SSSR count). The van der Waals surface area contributed by atoms with Gasteiger partial charge in [0.25, 0.3) is 0 Å². The number of rotatable bonds is 3. The van der Waals surface area contributed by atoms with E-state index in [4.69, 9.17) is 10.00 Å². The Morgan fingerprint density at radius 2 is 2.03 bits per heavy atom. The number of hydrazine groups is 1. The number of hydrogen-bond acceptors (Lipinski definition) is 7. The number of fused-ring (bicyclic) bond motifs is 1. The molecule has 1 fully saturated rings. The first-order chi connectivity index (χ1) is 15.5. The number of nitrogens with one attached hydrogen (secondary N) is 1. The minimum Gasteiger partial charge on any atom is -0.484 e. The number of carbonyl (C=O) groups excluding carboxylic acids is 1. The summed E-state index contributed by atoms with van der Waals surface area (Å²) in [5.74, 6) is 0.596. The second-order valence-corrected chi connectivity index (χ2v) is 10.2. The molecule has 2 aromatic rings. The quantitative estimate of drug-likeness (QED) is 0.581. The van der Waals surface area contributed by atoms with Crippen LogP contribution in [0.15, 0.2) is 41.3 Å². The summed E-state index contributed by atoms with van der Waals surface area (Å²) in [6, 6.07) is 10.3. The van der Waals surface area contributed by atoms with E-state index in [1.54, 1.807) is 37.1 Å². The smallest absolute Gasteiger partial charge is 0.417 e. The Hall–Kier alpha value is -2.94. The highest BCUT2D eigenvalue weighted by atomic mass is 32.2. The van der Waals surface area contributed by atoms with Crippen molar-refractivity contribution in [1.29, 1.82) is 5.26 Å². The predicted molar refractivity (Wildman–Crippen MR) is 119 cm³/mol. The largest absolute Gasteiger partial charge is 0.484 e. The highest BCUT2D eigenvalue weighted by molar-refractivity contribution is 8.28. The number of aliphatic hydroxyl groups is 1. The minimum atomic E-state index is -4.70. The highest BCUT2D eigenvalue weighted by Crippen LogP contribution is 2.49. The summed E-state index contributed by atoms with van der Waals surface area (Å²) in [7, 11) is 1.86. The van der Waals surface area contributed by atoms with E-state index in [1.807, 2.05) is 18.0 Å². The van der Waals surface area contributed by atoms with Crippen LogP contribution in [0.4, 0.5) is 24.5 Å². The number of hydrogen-bond donors (Lipinski definition) is 3. The zero-order chi connectivity index (χ0) is 24.1. The molecule has 0 radical (unpaired) electrons. The van der Waals surface area contributed by atoms with E-state index in [2.05, 4.69) is 4.83 Å². The minimum absolute atomic E-state index is 0.116. The normalized spacial score (nSPS) is 23.2. The molecular formula is C22H23F3N4O3S. The number of anilines is 2. The maximum absolute atomic E-state index is 13.5. The average Bonchev–Trinajstić information content (AvgIpc) is 3.01. The van der Waals surface area contributed by atoms with Crippen LogP contribution in [0.2, 0.25) is 0 Å². The Labute approximate surface area is 191 Å². The molecule has 2 heterocycles. The third-order valence-electron chi connectivity index (χ3n) is 5.76. The van der Waals surface area contributed by atoms with Crippen LogP contribution in [-0.2, 0) is 11.0 Å². The molecule has 176 valence electrons. The average molecular weight is 481 g/mol. The van der Waals surface area contributed by atoms with Crippen molar-refractivity contribution in [1.82, 2.24) is 4.83 Å². The predicted octanol–water partition coefficient (Wildman–Crippen LogP) is 3.37. The second kappa shape index (κ2) is 8.13. The van der Waals surface area contributed by atoms with Crippen LogP contribution in [0.3, 0.4) is 0 Å². The highest BCUT2D eigenvalue weighted by Gasteiger charge is 2.47. The van der Waals surface area contributed by atoms with Crippen molar-refractivity contribution in [3.63, 3.8) is 0 Å². The van der Waals surface area contributed by atoms with Crippen molar-refractivity contribution in [2.24, 2.45) is 0 Å². The van der Waals surface area contributed by atoms with Gasteiger partial charge >= 0.3 is 6.18 Å². The van der Waals surface area contributed by atoms with Gasteiger partial charge in [0.1, 0.15) is 17.4 Å². The third kappa shape index (κ3) is 3.99. The summed E-state index contributed by atoms with van der Waals surface area (Å²) in [4.78, 5) is 18.5. The summed E-state index contributed by atoms with van der Waals surface area (Å²) in [6.07, 6.45) is -5.05. The molecule has 0 aliphatic carbocycles. The van der Waals surface area contributed by atoms with Gasteiger partial charge in [0.15, 0.2) is 0 Å². The Balaban J connectivity index is 1.70. The number of likely N-dealkylation sites (N-methyl/N-ethyl adjacent to an activating group) is 1. The van der Waals surface area contributed by atoms with Crippen LogP contribution in [-0.4, -0.2) is 42.1 Å². The molecule has 2 atom stereocenters. The summed E-state index contributed by atoms with van der Waals surface area (Å²) >= 11 is -1.82. The zero-order valence-electron chi connectivity index (χ0n) is 18.1. The van der Waals surface area contributed by atoms with Crippen molar-refractivity contribution in [2.75, 3.05) is 30.1 Å². The second-order valence-electron chi connectivity index (χ2n) is 8.43. The lowest BCUT2D eigenvalue weighted by molar-refractivity contribution is -0.138. The Morgan fingerprint density at radius 3 is 2.67 bits per heavy atom. The lowest BCUT2D eigenvalue weighted by atomic mass is 10.1. The van der Waals surface area contributed by atoms with Crippen LogP contribution >= 0.6 is 11.1 Å². The molecule has 2 aromatic carbocycles. The van der Waals surface area contributed by atoms with Gasteiger partial charge in [0, 0.05) is 11.9 Å². The van der Waals surface area contributed by atoms with Crippen molar-refractivity contribution in [3.05, 3.63) is 47.5 Å². The van der Waals surface area contributed by atoms with Crippen LogP contribution in [0.25, 0.3) is 0 Å². The van der Waals surface area contributed by atoms with E-state index in [0.29, 0.717) is 18.0 Å². The number of alkyl halides is 3. The standard InChI is InChI=1S/C22H23F3N4O3S/c1-21(2)20(31)33(16-6-4-13(10-26)17(9-16)22(23,24)25)27-29(21)14-5-7-19-18(8-14)28(3)11-15(12-30)32-19/h4-9,15,27,30,33H,11-12H2,1-3H3/t15-/m1/s1. The molecule has 2 aliphatic rings. The van der Waals surface area contributed by atoms with Crippen LogP contribution < -0.4 is 19.5 Å². The molecule has 0 amide bonds. The fourth-order valence-corrected chi connectivity index (χ4v) is 6.09. The van der Waals surface area contributed by atoms with Gasteiger partial charge in [-0.15, -0.1) is 0 Å². The SMILES string of the molecule is CN1C[C@H](CO)Oc2ccc(N3N[SH](c4ccc(C#N)c(C(F)(F)F)c4)C(=O)C3(C)C)cc21. The first kappa shape index (κ1) is 23.2. The lowest BCUT2D eigenvalue weighted by Crippen LogP contribution is -2.47. The van der Waals surface area contributed by atoms with Gasteiger partial charge in [0.05, 0.1) is 41.7 Å². The molecule has 11 heteroatoms. The molecule has 7 nitrogen and oxygen atoms in total. The molecule has 1 unspecified atom stereocenters. The van der Waals surface area contributed by atoms with Gasteiger partial charge in [-0.05, 0) is 50.2 Å². The van der Waals surface area contributed by atoms with E-state index >= 15 is 0 Å². The monoisotopic (exact) mass is 480 g/mol. The van der Waals surface area contributed by atoms with Crippen molar-refractivity contribution in [2.45, 2.75) is 36.6 Å². The van der Waals surface area contributed by atoms with Gasteiger partial charge in [-0.3, -0.25) is 9.80 Å². The van der Waals surface area contributed by atoms with E-state index in [0.717, 1.165) is 17.8 Å². The fraction of sp³-hybridized carbons (Fsp3) is 0.364. The van der Waals surface area contributed by atoms with Crippen molar-refractivity contribution < 1.29 is 27.8 Å². The summed E-state index contributed by atoms with van der Waals surface area (Å²) in [6.45, 7) is 3.79. The van der Waals surface area contributed by atoms with E-state index in [9.17, 15) is 23.1 Å². The molecule has 33 heavy (non-hydrogen) atoms. The number of nitriles is 1. The molecule has 0 spiro atoms. The first-order valence-electron chi connectivity index (χ1n) is 10.1. The van der Waals surface area contributed by atoms with Crippen LogP contribution in [0.5, 0.6) is 5.75 Å². The number of ether oxygens (including phenoxy) is 1. The van der Waals surface area contributed by atoms with Gasteiger partial charge in [-0.1, -0.05) is 11.1 Å². The van der Waals surface area contributed by atoms with E-state index in [1.165, 1.54) is 6.07 Å². The summed E-state index contributed by atoms with van der Waals surface area (Å²) < 4.78 is 46.1. The Bertz CT molecular complexity index is 1150. The number of carbonyl (C=O) groups is 1. The molecule has 2 aliphatic heterocycles. The maximum Gasteiger partial charge on any atom is 0.417 e. The topological polar surface area (TPSA) is 88.8 Å². The van der Waals surface area contributed by atoms with Gasteiger partial charge in [0.2, 0.25) is 5.12 Å². The van der Waals surface area contributed by atoms with Crippen molar-refractivity contribution in [3.8, 4) is 11.8 Å². The number of aliphatic hydroxyl groups excluding tert-OH is 1. The molecule has 1 saturated heterocycles. The Morgan fingerprint density at radius 1 is 1.30 bits per heavy atom. The maximum atomic E-state index is 13.5. The molecular weight excluding hydrogens is 457 g/mol. The third-order valence-corrected chi connectivity index (χ3v) is 7.91. The zero-order valence-corrected chi connectivity index (χ0v) is 19.0. The van der Waals surface area contributed by atoms with Crippen LogP contribution in [0.1, 0.15) is 25.0 Å². The summed E-state index contributed by atoms with van der Waals surface area (Å²) in [5.41, 5.74) is -1.14. The Kier molecular flexibility index (Phi) is 5.72. The van der Waals surface area contributed by atoms with E-state index < -0.39 is 33.9 Å². The number of thiol groups is 1. The van der Waals surface area contributed by atoms with Gasteiger partial charge < -0.3 is 14.7 Å². The molecule has 0 saturated carbocycles. The number of nitrogens with zero attached hydrogens (tertiary/aromatic N) is 3. The van der Waals surface area contributed by atoms with Crippen LogP contribution in [0, 0.1) is 11.3 Å². The number of benzene rings is 2. The molecule has 0 aromatic heterocycles. The van der Waals surface area contributed by atoms with Gasteiger partial charge in [-0.25, -0.2) is 0 Å². The van der Waals surface area contributed by atoms with Crippen molar-refractivity contribution >= 4 is 27.6 Å². The first-order valence-corrected chi connectivity index (χ1v) is 11.5. The fourth-order valence-electron chi connectivity index (χ4n) is 3.96.